The van der Waals surface area contributed by atoms with Crippen molar-refractivity contribution in [1.82, 2.24) is 0 Å². The van der Waals surface area contributed by atoms with Crippen LogP contribution in [0.1, 0.15) is 52.4 Å². The van der Waals surface area contributed by atoms with Gasteiger partial charge in [0.15, 0.2) is 5.90 Å². The molecule has 0 aromatic heterocycles. The second-order valence-corrected chi connectivity index (χ2v) is 6.23. The average Bonchev–Trinajstić information content (AvgIpc) is 2.46. The first-order chi connectivity index (χ1) is 8.97. The summed E-state index contributed by atoms with van der Waals surface area (Å²) in [6.07, 6.45) is 6.90. The Hall–Kier alpha value is -1.06. The SMILES string of the molecule is COC(=O)C(C)C(C)C(=N)OC12CCC(CC1)CC2. The molecule has 3 saturated carbocycles. The van der Waals surface area contributed by atoms with Crippen LogP contribution in [0.2, 0.25) is 0 Å². The third kappa shape index (κ3) is 2.93. The molecular weight excluding hydrogens is 242 g/mol. The van der Waals surface area contributed by atoms with E-state index in [2.05, 4.69) is 0 Å². The Kier molecular flexibility index (Phi) is 4.16. The van der Waals surface area contributed by atoms with Crippen LogP contribution in [0.4, 0.5) is 0 Å². The molecule has 0 aromatic rings. The summed E-state index contributed by atoms with van der Waals surface area (Å²) in [5, 5.41) is 8.15. The van der Waals surface area contributed by atoms with Crippen molar-refractivity contribution in [1.29, 1.82) is 5.41 Å². The topological polar surface area (TPSA) is 59.4 Å². The molecule has 3 aliphatic rings. The van der Waals surface area contributed by atoms with E-state index in [1.165, 1.54) is 26.4 Å². The molecule has 0 radical (unpaired) electrons. The van der Waals surface area contributed by atoms with Gasteiger partial charge in [-0.05, 0) is 44.4 Å². The fraction of sp³-hybridized carbons (Fsp3) is 0.867. The number of methoxy groups -OCH3 is 1. The molecule has 1 N–H and O–H groups in total. The number of carbonyl (C=O) groups is 1. The van der Waals surface area contributed by atoms with Gasteiger partial charge in [-0.2, -0.15) is 0 Å². The van der Waals surface area contributed by atoms with E-state index in [0.717, 1.165) is 25.2 Å². The molecule has 2 atom stereocenters. The van der Waals surface area contributed by atoms with Gasteiger partial charge in [0, 0.05) is 5.92 Å². The minimum atomic E-state index is -0.325. The number of ether oxygens (including phenoxy) is 2. The van der Waals surface area contributed by atoms with Crippen LogP contribution in [0.5, 0.6) is 0 Å². The predicted molar refractivity (Wildman–Crippen MR) is 73.1 cm³/mol. The smallest absolute Gasteiger partial charge is 0.309 e. The first-order valence-corrected chi connectivity index (χ1v) is 7.33. The van der Waals surface area contributed by atoms with Gasteiger partial charge in [0.25, 0.3) is 0 Å². The molecule has 3 aliphatic carbocycles. The van der Waals surface area contributed by atoms with E-state index in [1.54, 1.807) is 6.92 Å². The first-order valence-electron chi connectivity index (χ1n) is 7.33. The van der Waals surface area contributed by atoms with Crippen molar-refractivity contribution in [3.63, 3.8) is 0 Å². The third-order valence-electron chi connectivity index (χ3n) is 5.09. The number of hydrogen-bond acceptors (Lipinski definition) is 4. The van der Waals surface area contributed by atoms with E-state index < -0.39 is 0 Å². The third-order valence-corrected chi connectivity index (χ3v) is 5.09. The molecular formula is C15H25NO3. The van der Waals surface area contributed by atoms with Crippen molar-refractivity contribution in [2.75, 3.05) is 7.11 Å². The van der Waals surface area contributed by atoms with Gasteiger partial charge < -0.3 is 9.47 Å². The second kappa shape index (κ2) is 5.51. The molecule has 0 aliphatic heterocycles. The van der Waals surface area contributed by atoms with Crippen molar-refractivity contribution in [3.8, 4) is 0 Å². The van der Waals surface area contributed by atoms with E-state index in [0.29, 0.717) is 0 Å². The van der Waals surface area contributed by atoms with Crippen LogP contribution >= 0.6 is 0 Å². The van der Waals surface area contributed by atoms with E-state index in [-0.39, 0.29) is 29.3 Å². The summed E-state index contributed by atoms with van der Waals surface area (Å²) < 4.78 is 10.8. The summed E-state index contributed by atoms with van der Waals surface area (Å²) in [4.78, 5) is 11.5. The summed E-state index contributed by atoms with van der Waals surface area (Å²) in [6, 6.07) is 0. The van der Waals surface area contributed by atoms with Crippen LogP contribution < -0.4 is 0 Å². The number of nitrogens with one attached hydrogen (secondary N) is 1. The molecule has 3 rings (SSSR count). The molecule has 0 heterocycles. The number of fused-ring (bicyclic) bond motifs is 3. The van der Waals surface area contributed by atoms with Crippen LogP contribution in [0.15, 0.2) is 0 Å². The highest BCUT2D eigenvalue weighted by Crippen LogP contribution is 2.46. The van der Waals surface area contributed by atoms with Gasteiger partial charge in [0.1, 0.15) is 5.60 Å². The molecule has 2 bridgehead atoms. The molecule has 4 heteroatoms. The number of rotatable bonds is 4. The zero-order chi connectivity index (χ0) is 14.0. The van der Waals surface area contributed by atoms with Crippen molar-refractivity contribution in [2.45, 2.75) is 58.0 Å². The average molecular weight is 267 g/mol. The quantitative estimate of drug-likeness (QED) is 0.483. The normalized spacial score (nSPS) is 32.5. The molecule has 108 valence electrons. The Morgan fingerprint density at radius 2 is 1.68 bits per heavy atom. The van der Waals surface area contributed by atoms with Crippen molar-refractivity contribution < 1.29 is 14.3 Å². The summed E-state index contributed by atoms with van der Waals surface area (Å²) in [6.45, 7) is 3.67. The lowest BCUT2D eigenvalue weighted by molar-refractivity contribution is -0.146. The van der Waals surface area contributed by atoms with E-state index >= 15 is 0 Å². The lowest BCUT2D eigenvalue weighted by atomic mass is 9.67. The van der Waals surface area contributed by atoms with Crippen molar-refractivity contribution in [2.24, 2.45) is 17.8 Å². The largest absolute Gasteiger partial charge is 0.474 e. The zero-order valence-electron chi connectivity index (χ0n) is 12.2. The first kappa shape index (κ1) is 14.4. The van der Waals surface area contributed by atoms with Gasteiger partial charge in [-0.1, -0.05) is 13.8 Å². The summed E-state index contributed by atoms with van der Waals surface area (Å²) in [7, 11) is 1.39. The second-order valence-electron chi connectivity index (χ2n) is 6.23. The Balaban J connectivity index is 1.94. The Morgan fingerprint density at radius 3 is 2.16 bits per heavy atom. The maximum Gasteiger partial charge on any atom is 0.309 e. The Morgan fingerprint density at radius 1 is 1.16 bits per heavy atom. The van der Waals surface area contributed by atoms with Gasteiger partial charge in [-0.25, -0.2) is 0 Å². The molecule has 0 aromatic carbocycles. The highest BCUT2D eigenvalue weighted by molar-refractivity contribution is 5.83. The maximum absolute atomic E-state index is 11.5. The molecule has 3 fully saturated rings. The van der Waals surface area contributed by atoms with Crippen LogP contribution in [0, 0.1) is 23.2 Å². The molecule has 0 amide bonds. The fourth-order valence-electron chi connectivity index (χ4n) is 3.31. The highest BCUT2D eigenvalue weighted by atomic mass is 16.5. The molecule has 4 nitrogen and oxygen atoms in total. The number of carbonyl (C=O) groups excluding carboxylic acids is 1. The summed E-state index contributed by atoms with van der Waals surface area (Å²) >= 11 is 0. The van der Waals surface area contributed by atoms with Crippen LogP contribution in [0.3, 0.4) is 0 Å². The van der Waals surface area contributed by atoms with Crippen molar-refractivity contribution in [3.05, 3.63) is 0 Å². The Labute approximate surface area is 115 Å². The monoisotopic (exact) mass is 267 g/mol. The number of esters is 1. The molecule has 2 unspecified atom stereocenters. The van der Waals surface area contributed by atoms with Crippen molar-refractivity contribution >= 4 is 11.9 Å². The lowest BCUT2D eigenvalue weighted by Gasteiger charge is -2.46. The summed E-state index contributed by atoms with van der Waals surface area (Å²) in [5.41, 5.74) is -0.115. The molecule has 0 spiro atoms. The van der Waals surface area contributed by atoms with Crippen LogP contribution in [-0.4, -0.2) is 24.6 Å². The highest BCUT2D eigenvalue weighted by Gasteiger charge is 2.43. The van der Waals surface area contributed by atoms with Gasteiger partial charge in [0.05, 0.1) is 13.0 Å². The van der Waals surface area contributed by atoms with Crippen LogP contribution in [-0.2, 0) is 14.3 Å². The lowest BCUT2D eigenvalue weighted by Crippen LogP contribution is -2.45. The van der Waals surface area contributed by atoms with E-state index in [4.69, 9.17) is 14.9 Å². The summed E-state index contributed by atoms with van der Waals surface area (Å²) in [5.74, 6) is 0.310. The molecule has 19 heavy (non-hydrogen) atoms. The minimum Gasteiger partial charge on any atom is -0.474 e. The van der Waals surface area contributed by atoms with Gasteiger partial charge >= 0.3 is 5.97 Å². The predicted octanol–water partition coefficient (Wildman–Crippen LogP) is 3.15. The number of hydrogen-bond donors (Lipinski definition) is 1. The minimum absolute atomic E-state index is 0.115. The van der Waals surface area contributed by atoms with Gasteiger partial charge in [0.2, 0.25) is 0 Å². The standard InChI is InChI=1S/C15H25NO3/c1-10(11(2)14(17)18-3)13(16)19-15-7-4-12(5-8-15)6-9-15/h10-12,16H,4-9H2,1-3H3. The van der Waals surface area contributed by atoms with E-state index in [1.807, 2.05) is 6.92 Å². The van der Waals surface area contributed by atoms with Crippen LogP contribution in [0.25, 0.3) is 0 Å². The zero-order valence-corrected chi connectivity index (χ0v) is 12.2. The molecule has 0 saturated heterocycles. The maximum atomic E-state index is 11.5. The van der Waals surface area contributed by atoms with Gasteiger partial charge in [-0.15, -0.1) is 0 Å². The Bertz CT molecular complexity index is 345. The fourth-order valence-corrected chi connectivity index (χ4v) is 3.31. The van der Waals surface area contributed by atoms with Gasteiger partial charge in [-0.3, -0.25) is 10.2 Å². The van der Waals surface area contributed by atoms with E-state index in [9.17, 15) is 4.79 Å².